The molecule has 5 N–H and O–H groups in total. The highest BCUT2D eigenvalue weighted by Crippen LogP contribution is 2.38. The van der Waals surface area contributed by atoms with Gasteiger partial charge in [0, 0.05) is 48.1 Å². The summed E-state index contributed by atoms with van der Waals surface area (Å²) in [6.45, 7) is 19.0. The summed E-state index contributed by atoms with van der Waals surface area (Å²) in [7, 11) is -2.16. The summed E-state index contributed by atoms with van der Waals surface area (Å²) in [6.07, 6.45) is 4.77. The number of anilines is 2. The molecule has 0 bridgehead atoms. The van der Waals surface area contributed by atoms with Gasteiger partial charge >= 0.3 is 0 Å². The minimum atomic E-state index is -3.85. The van der Waals surface area contributed by atoms with Crippen molar-refractivity contribution in [3.8, 4) is 11.5 Å². The fourth-order valence-corrected chi connectivity index (χ4v) is 10.6. The SMILES string of the molecule is CN[C@@H](C)C(=O)N[C@H](C(=O)N1Cc2cc(OCCOCCOCCOCCOc3cc4ncnc(Nc5n[nH]c(C)c5C)c4cc3S(=O)(=O)C(C)(C)C)ccc2C[C@H]1C(=O)NCC1CCCc2ccccc21)C(C)(C)C. The van der Waals surface area contributed by atoms with Gasteiger partial charge in [0.2, 0.25) is 17.7 Å². The topological polar surface area (TPSA) is 237 Å². The van der Waals surface area contributed by atoms with Gasteiger partial charge in [0.1, 0.15) is 53.8 Å². The highest BCUT2D eigenvalue weighted by atomic mass is 32.2. The Balaban J connectivity index is 0.868. The lowest BCUT2D eigenvalue weighted by Crippen LogP contribution is -2.62. The van der Waals surface area contributed by atoms with E-state index in [4.69, 9.17) is 23.7 Å². The lowest BCUT2D eigenvalue weighted by atomic mass is 9.82. The number of H-pyrrole nitrogens is 1. The number of carbonyl (C=O) groups excluding carboxylic acids is 3. The molecule has 2 aromatic heterocycles. The molecule has 7 rings (SSSR count). The number of likely N-dealkylation sites (N-methyl/N-ethyl adjacent to an activating group) is 1. The zero-order valence-corrected chi connectivity index (χ0v) is 46.6. The molecule has 0 saturated heterocycles. The first-order chi connectivity index (χ1) is 36.2. The van der Waals surface area contributed by atoms with E-state index < -0.39 is 38.1 Å². The molecule has 19 nitrogen and oxygen atoms in total. The molecular formula is C56H77N9O10S. The Morgan fingerprint density at radius 1 is 0.829 bits per heavy atom. The van der Waals surface area contributed by atoms with Crippen LogP contribution < -0.4 is 30.7 Å². The summed E-state index contributed by atoms with van der Waals surface area (Å²) < 4.78 is 55.9. The molecule has 412 valence electrons. The number of ether oxygens (including phenoxy) is 5. The van der Waals surface area contributed by atoms with Crippen molar-refractivity contribution >= 4 is 50.1 Å². The fraction of sp³-hybridized carbons (Fsp3) is 0.536. The lowest BCUT2D eigenvalue weighted by Gasteiger charge is -2.41. The van der Waals surface area contributed by atoms with Gasteiger partial charge in [-0.25, -0.2) is 18.4 Å². The Hall–Kier alpha value is -6.19. The van der Waals surface area contributed by atoms with Crippen LogP contribution >= 0.6 is 0 Å². The number of aryl methyl sites for hydroxylation is 2. The van der Waals surface area contributed by atoms with Crippen molar-refractivity contribution < 1.29 is 46.5 Å². The summed E-state index contributed by atoms with van der Waals surface area (Å²) in [5.74, 6) is 1.12. The van der Waals surface area contributed by atoms with Gasteiger partial charge in [-0.2, -0.15) is 5.10 Å². The third-order valence-corrected chi connectivity index (χ3v) is 16.7. The molecule has 2 aliphatic rings. The van der Waals surface area contributed by atoms with Crippen LogP contribution in [-0.4, -0.2) is 141 Å². The van der Waals surface area contributed by atoms with E-state index in [1.165, 1.54) is 17.5 Å². The average Bonchev–Trinajstić information content (AvgIpc) is 3.73. The van der Waals surface area contributed by atoms with Gasteiger partial charge in [0.05, 0.1) is 55.9 Å². The predicted octanol–water partition coefficient (Wildman–Crippen LogP) is 6.42. The van der Waals surface area contributed by atoms with Crippen molar-refractivity contribution in [2.24, 2.45) is 5.41 Å². The number of sulfone groups is 1. The van der Waals surface area contributed by atoms with E-state index in [2.05, 4.69) is 59.6 Å². The van der Waals surface area contributed by atoms with Crippen LogP contribution in [0.3, 0.4) is 0 Å². The smallest absolute Gasteiger partial charge is 0.246 e. The van der Waals surface area contributed by atoms with E-state index in [9.17, 15) is 22.8 Å². The Bertz CT molecular complexity index is 2930. The number of benzene rings is 3. The van der Waals surface area contributed by atoms with Crippen molar-refractivity contribution in [1.29, 1.82) is 0 Å². The van der Waals surface area contributed by atoms with Gasteiger partial charge in [-0.05, 0) is 114 Å². The van der Waals surface area contributed by atoms with E-state index in [1.54, 1.807) is 51.8 Å². The highest BCUT2D eigenvalue weighted by molar-refractivity contribution is 7.92. The highest BCUT2D eigenvalue weighted by Gasteiger charge is 2.43. The number of hydrogen-bond donors (Lipinski definition) is 5. The molecule has 76 heavy (non-hydrogen) atoms. The van der Waals surface area contributed by atoms with E-state index in [-0.39, 0.29) is 67.3 Å². The van der Waals surface area contributed by atoms with Crippen molar-refractivity contribution in [2.45, 2.75) is 128 Å². The Labute approximate surface area is 447 Å². The first-order valence-electron chi connectivity index (χ1n) is 26.2. The quantitative estimate of drug-likeness (QED) is 0.0419. The van der Waals surface area contributed by atoms with Crippen LogP contribution in [0.15, 0.2) is 65.8 Å². The van der Waals surface area contributed by atoms with Crippen molar-refractivity contribution in [3.05, 3.63) is 94.4 Å². The summed E-state index contributed by atoms with van der Waals surface area (Å²) in [5, 5.41) is 20.1. The zero-order valence-electron chi connectivity index (χ0n) is 45.8. The number of aromatic nitrogens is 4. The average molecular weight is 1070 g/mol. The Kier molecular flexibility index (Phi) is 19.2. The lowest BCUT2D eigenvalue weighted by molar-refractivity contribution is -0.147. The molecule has 0 spiro atoms. The molecule has 0 fully saturated rings. The maximum atomic E-state index is 14.7. The number of amides is 3. The second-order valence-corrected chi connectivity index (χ2v) is 24.3. The molecule has 3 aromatic carbocycles. The summed E-state index contributed by atoms with van der Waals surface area (Å²) >= 11 is 0. The number of rotatable bonds is 24. The zero-order chi connectivity index (χ0) is 54.8. The second-order valence-electron chi connectivity index (χ2n) is 21.6. The third kappa shape index (κ3) is 14.0. The molecule has 3 heterocycles. The summed E-state index contributed by atoms with van der Waals surface area (Å²) in [6, 6.07) is 15.1. The summed E-state index contributed by atoms with van der Waals surface area (Å²) in [4.78, 5) is 52.5. The van der Waals surface area contributed by atoms with E-state index in [0.29, 0.717) is 67.7 Å². The molecule has 0 radical (unpaired) electrons. The van der Waals surface area contributed by atoms with Crippen molar-refractivity contribution in [3.63, 3.8) is 0 Å². The van der Waals surface area contributed by atoms with Gasteiger partial charge in [0.25, 0.3) is 0 Å². The van der Waals surface area contributed by atoms with Gasteiger partial charge in [-0.1, -0.05) is 51.1 Å². The van der Waals surface area contributed by atoms with Crippen LogP contribution in [-0.2, 0) is 57.8 Å². The standard InChI is InChI=1S/C56H77N9O10S/c1-35-36(2)63-64-50(35)62-51-44-30-48(76(69,70)56(7,8)9)47(31-45(44)59-34-60-51)75-27-25-73-23-21-71-20-22-72-24-26-74-42-19-18-39-29-46(53(67)58-32-40-16-13-15-38-14-11-12-17-43(38)40)65(33-41(39)28-42)54(68)49(55(4,5)6)61-52(66)37(3)57-10/h11-12,14,17-19,28,30-31,34,37,40,46,49,57H,13,15-16,20-27,29,32-33H2,1-10H3,(H,58,67)(H,61,66)(H2,59,60,62,63,64)/t37-,40?,46-,49+/m0/s1. The summed E-state index contributed by atoms with van der Waals surface area (Å²) in [5.41, 5.74) is 6.06. The molecule has 1 unspecified atom stereocenters. The van der Waals surface area contributed by atoms with Crippen LogP contribution in [0.2, 0.25) is 0 Å². The first-order valence-corrected chi connectivity index (χ1v) is 27.7. The second kappa shape index (κ2) is 25.3. The van der Waals surface area contributed by atoms with E-state index in [0.717, 1.165) is 41.6 Å². The number of hydrogen-bond acceptors (Lipinski definition) is 15. The van der Waals surface area contributed by atoms with Crippen LogP contribution in [0.4, 0.5) is 11.6 Å². The number of aromatic amines is 1. The minimum Gasteiger partial charge on any atom is -0.491 e. The molecule has 20 heteroatoms. The van der Waals surface area contributed by atoms with Crippen LogP contribution in [0.25, 0.3) is 10.9 Å². The number of nitrogens with one attached hydrogen (secondary N) is 5. The van der Waals surface area contributed by atoms with Gasteiger partial charge in [0.15, 0.2) is 15.7 Å². The largest absolute Gasteiger partial charge is 0.491 e. The number of carbonyl (C=O) groups is 3. The molecular weight excluding hydrogens is 991 g/mol. The number of nitrogens with zero attached hydrogens (tertiary/aromatic N) is 4. The molecule has 1 aliphatic carbocycles. The Morgan fingerprint density at radius 3 is 2.17 bits per heavy atom. The van der Waals surface area contributed by atoms with Crippen LogP contribution in [0.5, 0.6) is 11.5 Å². The minimum absolute atomic E-state index is 0.0260. The molecule has 4 atom stereocenters. The van der Waals surface area contributed by atoms with Crippen LogP contribution in [0.1, 0.15) is 101 Å². The maximum absolute atomic E-state index is 14.7. The van der Waals surface area contributed by atoms with E-state index >= 15 is 0 Å². The predicted molar refractivity (Wildman–Crippen MR) is 291 cm³/mol. The van der Waals surface area contributed by atoms with Gasteiger partial charge in [-0.3, -0.25) is 19.5 Å². The fourth-order valence-electron chi connectivity index (χ4n) is 9.24. The number of fused-ring (bicyclic) bond motifs is 3. The normalized spacial score (nSPS) is 16.6. The molecule has 1 aliphatic heterocycles. The molecule has 0 saturated carbocycles. The van der Waals surface area contributed by atoms with Crippen molar-refractivity contribution in [2.75, 3.05) is 71.8 Å². The molecule has 5 aromatic rings. The van der Waals surface area contributed by atoms with Crippen LogP contribution in [0, 0.1) is 19.3 Å². The van der Waals surface area contributed by atoms with E-state index in [1.807, 2.05) is 58.9 Å². The van der Waals surface area contributed by atoms with Crippen molar-refractivity contribution in [1.82, 2.24) is 41.0 Å². The maximum Gasteiger partial charge on any atom is 0.246 e. The Morgan fingerprint density at radius 2 is 1.51 bits per heavy atom. The first kappa shape index (κ1) is 57.5. The molecule has 3 amide bonds. The monoisotopic (exact) mass is 1070 g/mol. The van der Waals surface area contributed by atoms with Gasteiger partial charge < -0.3 is 49.9 Å². The van der Waals surface area contributed by atoms with Gasteiger partial charge in [-0.15, -0.1) is 0 Å². The third-order valence-electron chi connectivity index (χ3n) is 14.1.